The van der Waals surface area contributed by atoms with Gasteiger partial charge in [0.05, 0.1) is 12.1 Å². The molecule has 3 aromatic carbocycles. The maximum absolute atomic E-state index is 14.2. The maximum atomic E-state index is 14.2. The first-order valence-corrected chi connectivity index (χ1v) is 11.9. The van der Waals surface area contributed by atoms with Crippen molar-refractivity contribution < 1.29 is 18.8 Å². The SMILES string of the molecule is CC(=O)[C@@H]1[C@H](c2ccc(Br)cc2)C2(C(=O)c3ccccc3C2=O)[C@H]2C=Cc3cc(F)ccc3N12. The monoisotopic (exact) mass is 515 g/mol. The van der Waals surface area contributed by atoms with E-state index in [1.807, 2.05) is 29.2 Å². The second-order valence-electron chi connectivity index (χ2n) is 9.07. The number of rotatable bonds is 2. The molecule has 168 valence electrons. The van der Waals surface area contributed by atoms with Crippen LogP contribution < -0.4 is 4.90 Å². The molecule has 2 heterocycles. The predicted molar refractivity (Wildman–Crippen MR) is 131 cm³/mol. The highest BCUT2D eigenvalue weighted by Gasteiger charge is 2.71. The summed E-state index contributed by atoms with van der Waals surface area (Å²) in [6.45, 7) is 1.49. The fraction of sp³-hybridized carbons (Fsp3) is 0.179. The van der Waals surface area contributed by atoms with Crippen molar-refractivity contribution in [3.05, 3.63) is 105 Å². The number of hydrogen-bond donors (Lipinski definition) is 0. The van der Waals surface area contributed by atoms with E-state index in [1.165, 1.54) is 19.1 Å². The van der Waals surface area contributed by atoms with E-state index in [0.717, 1.165) is 10.0 Å². The predicted octanol–water partition coefficient (Wildman–Crippen LogP) is 5.61. The summed E-state index contributed by atoms with van der Waals surface area (Å²) < 4.78 is 14.9. The first-order valence-electron chi connectivity index (χ1n) is 11.1. The van der Waals surface area contributed by atoms with Crippen molar-refractivity contribution in [3.63, 3.8) is 0 Å². The second-order valence-corrected chi connectivity index (χ2v) is 9.99. The Labute approximate surface area is 204 Å². The molecule has 1 spiro atoms. The van der Waals surface area contributed by atoms with E-state index >= 15 is 0 Å². The largest absolute Gasteiger partial charge is 0.352 e. The van der Waals surface area contributed by atoms with E-state index in [4.69, 9.17) is 0 Å². The standard InChI is InChI=1S/C28H19BrFNO3/c1-15(32)25-24(16-6-9-18(29)10-7-16)28(26(33)20-4-2-3-5-21(20)27(28)34)23-13-8-17-14-19(30)11-12-22(17)31(23)25/h2-14,23-25H,1H3/t23-,24+,25-/m1/s1. The summed E-state index contributed by atoms with van der Waals surface area (Å²) in [5.74, 6) is -1.79. The quantitative estimate of drug-likeness (QED) is 0.416. The van der Waals surface area contributed by atoms with Gasteiger partial charge in [-0.05, 0) is 42.8 Å². The molecule has 0 unspecified atom stereocenters. The van der Waals surface area contributed by atoms with E-state index in [9.17, 15) is 18.8 Å². The van der Waals surface area contributed by atoms with Crippen molar-refractivity contribution in [2.75, 3.05) is 4.90 Å². The number of Topliss-reactive ketones (excluding diaryl/α,β-unsaturated/α-hetero) is 3. The molecule has 0 saturated carbocycles. The molecule has 6 rings (SSSR count). The molecule has 4 nitrogen and oxygen atoms in total. The minimum atomic E-state index is -1.50. The van der Waals surface area contributed by atoms with E-state index in [-0.39, 0.29) is 23.2 Å². The molecule has 2 aliphatic heterocycles. The summed E-state index contributed by atoms with van der Waals surface area (Å²) in [7, 11) is 0. The van der Waals surface area contributed by atoms with Crippen LogP contribution in [-0.4, -0.2) is 29.4 Å². The molecule has 34 heavy (non-hydrogen) atoms. The minimum absolute atomic E-state index is 0.156. The second kappa shape index (κ2) is 7.31. The van der Waals surface area contributed by atoms with Gasteiger partial charge in [0.25, 0.3) is 0 Å². The zero-order valence-electron chi connectivity index (χ0n) is 18.2. The molecule has 1 aliphatic carbocycles. The van der Waals surface area contributed by atoms with Crippen LogP contribution in [0.15, 0.2) is 77.3 Å². The highest BCUT2D eigenvalue weighted by atomic mass is 79.9. The molecule has 1 fully saturated rings. The number of benzene rings is 3. The topological polar surface area (TPSA) is 54.5 Å². The molecule has 1 saturated heterocycles. The van der Waals surface area contributed by atoms with Crippen molar-refractivity contribution in [2.45, 2.75) is 24.9 Å². The Balaban J connectivity index is 1.68. The lowest BCUT2D eigenvalue weighted by Gasteiger charge is -2.37. The van der Waals surface area contributed by atoms with E-state index in [2.05, 4.69) is 15.9 Å². The van der Waals surface area contributed by atoms with Crippen LogP contribution in [0.2, 0.25) is 0 Å². The minimum Gasteiger partial charge on any atom is -0.352 e. The average Bonchev–Trinajstić information content (AvgIpc) is 3.26. The number of carbonyl (C=O) groups excluding carboxylic acids is 3. The van der Waals surface area contributed by atoms with Crippen LogP contribution in [0.3, 0.4) is 0 Å². The third-order valence-electron chi connectivity index (χ3n) is 7.41. The van der Waals surface area contributed by atoms with Gasteiger partial charge in [-0.25, -0.2) is 4.39 Å². The molecule has 0 radical (unpaired) electrons. The van der Waals surface area contributed by atoms with E-state index in [1.54, 1.807) is 42.5 Å². The highest BCUT2D eigenvalue weighted by Crippen LogP contribution is 2.60. The van der Waals surface area contributed by atoms with E-state index < -0.39 is 23.4 Å². The van der Waals surface area contributed by atoms with Crippen molar-refractivity contribution in [2.24, 2.45) is 5.41 Å². The van der Waals surface area contributed by atoms with Crippen LogP contribution in [0.1, 0.15) is 44.7 Å². The van der Waals surface area contributed by atoms with Gasteiger partial charge in [-0.2, -0.15) is 0 Å². The van der Waals surface area contributed by atoms with Crippen molar-refractivity contribution in [3.8, 4) is 0 Å². The summed E-state index contributed by atoms with van der Waals surface area (Å²) in [4.78, 5) is 43.6. The Kier molecular flexibility index (Phi) is 4.55. The fourth-order valence-corrected chi connectivity index (χ4v) is 6.41. The molecular formula is C28H19BrFNO3. The number of carbonyl (C=O) groups is 3. The summed E-state index contributed by atoms with van der Waals surface area (Å²) in [5, 5.41) is 0. The zero-order valence-corrected chi connectivity index (χ0v) is 19.8. The lowest BCUT2D eigenvalue weighted by Crippen LogP contribution is -2.48. The maximum Gasteiger partial charge on any atom is 0.180 e. The number of anilines is 1. The third kappa shape index (κ3) is 2.60. The molecule has 0 N–H and O–H groups in total. The number of ketones is 3. The first-order chi connectivity index (χ1) is 16.4. The van der Waals surface area contributed by atoms with Crippen LogP contribution in [0, 0.1) is 11.2 Å². The summed E-state index contributed by atoms with van der Waals surface area (Å²) in [6.07, 6.45) is 3.55. The Morgan fingerprint density at radius 3 is 2.24 bits per heavy atom. The van der Waals surface area contributed by atoms with Crippen LogP contribution in [-0.2, 0) is 4.79 Å². The van der Waals surface area contributed by atoms with Gasteiger partial charge >= 0.3 is 0 Å². The number of nitrogens with zero attached hydrogens (tertiary/aromatic N) is 1. The molecular weight excluding hydrogens is 497 g/mol. The molecule has 3 aliphatic rings. The van der Waals surface area contributed by atoms with Gasteiger partial charge in [0.15, 0.2) is 17.3 Å². The van der Waals surface area contributed by atoms with Gasteiger partial charge in [-0.15, -0.1) is 0 Å². The molecule has 0 amide bonds. The van der Waals surface area contributed by atoms with Gasteiger partial charge in [0.2, 0.25) is 0 Å². The Hall–Kier alpha value is -3.38. The fourth-order valence-electron chi connectivity index (χ4n) is 6.14. The normalized spacial score (nSPS) is 23.7. The first kappa shape index (κ1) is 21.2. The van der Waals surface area contributed by atoms with Gasteiger partial charge in [-0.1, -0.05) is 64.5 Å². The molecule has 6 heteroatoms. The molecule has 0 aromatic heterocycles. The average molecular weight is 516 g/mol. The van der Waals surface area contributed by atoms with Gasteiger partial charge in [0.1, 0.15) is 11.2 Å². The third-order valence-corrected chi connectivity index (χ3v) is 7.94. The van der Waals surface area contributed by atoms with Gasteiger partial charge in [-0.3, -0.25) is 14.4 Å². The molecule has 0 bridgehead atoms. The number of hydrogen-bond acceptors (Lipinski definition) is 4. The lowest BCUT2D eigenvalue weighted by atomic mass is 9.64. The Morgan fingerprint density at radius 1 is 0.971 bits per heavy atom. The molecule has 3 atom stereocenters. The lowest BCUT2D eigenvalue weighted by molar-refractivity contribution is -0.118. The van der Waals surface area contributed by atoms with Gasteiger partial charge in [0, 0.05) is 32.8 Å². The number of halogens is 2. The van der Waals surface area contributed by atoms with Crippen molar-refractivity contribution in [1.82, 2.24) is 0 Å². The van der Waals surface area contributed by atoms with Crippen LogP contribution in [0.4, 0.5) is 10.1 Å². The Morgan fingerprint density at radius 2 is 1.62 bits per heavy atom. The highest BCUT2D eigenvalue weighted by molar-refractivity contribution is 9.10. The van der Waals surface area contributed by atoms with Crippen molar-refractivity contribution >= 4 is 45.0 Å². The van der Waals surface area contributed by atoms with E-state index in [0.29, 0.717) is 22.4 Å². The summed E-state index contributed by atoms with van der Waals surface area (Å²) >= 11 is 3.45. The Bertz CT molecular complexity index is 1390. The van der Waals surface area contributed by atoms with Crippen LogP contribution in [0.5, 0.6) is 0 Å². The summed E-state index contributed by atoms with van der Waals surface area (Å²) in [6, 6.07) is 17.2. The zero-order chi connectivity index (χ0) is 23.8. The number of fused-ring (bicyclic) bond motifs is 5. The smallest absolute Gasteiger partial charge is 0.180 e. The molecule has 3 aromatic rings. The van der Waals surface area contributed by atoms with Gasteiger partial charge < -0.3 is 4.90 Å². The summed E-state index contributed by atoms with van der Waals surface area (Å²) in [5.41, 5.74) is 1.27. The van der Waals surface area contributed by atoms with Crippen LogP contribution in [0.25, 0.3) is 6.08 Å². The van der Waals surface area contributed by atoms with Crippen molar-refractivity contribution in [1.29, 1.82) is 0 Å². The van der Waals surface area contributed by atoms with Crippen LogP contribution >= 0.6 is 15.9 Å².